The zero-order valence-corrected chi connectivity index (χ0v) is 49.0. The number of hydrogen-bond donors (Lipinski definition) is 0. The summed E-state index contributed by atoms with van der Waals surface area (Å²) in [5.41, 5.74) is 2.22. The SMILES string of the molecule is CCC(=O)OCCCSC1CC2CC1C1C3CC(C4CC(SC(C)=O)CC43)C21.CCCCC(=O)OCCCSC1CC2C(C1)C1CC2C2C3CC(SC(=O)Oc4ccc(C(C)(C)c5ccc(OC)cc5)cc4)C(C3)C12. The highest BCUT2D eigenvalue weighted by Gasteiger charge is 2.70. The number of benzene rings is 2. The van der Waals surface area contributed by atoms with E-state index >= 15 is 0 Å². The van der Waals surface area contributed by atoms with Crippen molar-refractivity contribution in [1.82, 2.24) is 0 Å². The summed E-state index contributed by atoms with van der Waals surface area (Å²) in [6.45, 7) is 11.3. The number of rotatable bonds is 20. The normalized spacial score (nSPS) is 38.4. The summed E-state index contributed by atoms with van der Waals surface area (Å²) >= 11 is 7.44. The van der Waals surface area contributed by atoms with Crippen molar-refractivity contribution in [2.45, 2.75) is 164 Å². The lowest BCUT2D eigenvalue weighted by Crippen LogP contribution is -2.39. The smallest absolute Gasteiger partial charge is 0.372 e. The van der Waals surface area contributed by atoms with Gasteiger partial charge in [-0.3, -0.25) is 14.4 Å². The molecule has 8 bridgehead atoms. The molecule has 0 N–H and O–H groups in total. The van der Waals surface area contributed by atoms with E-state index in [1.807, 2.05) is 31.2 Å². The minimum Gasteiger partial charge on any atom is -0.497 e. The molecule has 0 radical (unpaired) electrons. The van der Waals surface area contributed by atoms with Gasteiger partial charge in [-0.2, -0.15) is 23.5 Å². The fourth-order valence-electron chi connectivity index (χ4n) is 19.1. The molecule has 10 saturated carbocycles. The van der Waals surface area contributed by atoms with Gasteiger partial charge in [0.1, 0.15) is 11.5 Å². The van der Waals surface area contributed by atoms with Gasteiger partial charge in [0.15, 0.2) is 5.12 Å². The van der Waals surface area contributed by atoms with Crippen LogP contribution in [0.4, 0.5) is 4.79 Å². The van der Waals surface area contributed by atoms with Gasteiger partial charge in [-0.05, 0) is 237 Å². The first-order valence-corrected chi connectivity index (χ1v) is 33.5. The number of methoxy groups -OCH3 is 1. The van der Waals surface area contributed by atoms with Crippen LogP contribution in [0.5, 0.6) is 11.5 Å². The van der Waals surface area contributed by atoms with Crippen LogP contribution in [0, 0.1) is 94.7 Å². The molecule has 10 aliphatic carbocycles. The molecule has 0 heterocycles. The average Bonchev–Trinajstić information content (AvgIpc) is 4.32. The second-order valence-electron chi connectivity index (χ2n) is 25.5. The summed E-state index contributed by atoms with van der Waals surface area (Å²) < 4.78 is 21.9. The topological polar surface area (TPSA) is 105 Å². The largest absolute Gasteiger partial charge is 0.497 e. The van der Waals surface area contributed by atoms with Gasteiger partial charge in [0, 0.05) is 46.2 Å². The quantitative estimate of drug-likeness (QED) is 0.0716. The molecule has 0 aliphatic heterocycles. The molecule has 20 unspecified atom stereocenters. The molecule has 20 atom stereocenters. The maximum Gasteiger partial charge on any atom is 0.372 e. The first-order valence-electron chi connectivity index (χ1n) is 29.7. The Bertz CT molecular complexity index is 2340. The van der Waals surface area contributed by atoms with E-state index in [0.29, 0.717) is 53.3 Å². The average molecular weight is 1100 g/mol. The molecule has 0 saturated heterocycles. The van der Waals surface area contributed by atoms with Crippen LogP contribution in [0.15, 0.2) is 48.5 Å². The van der Waals surface area contributed by atoms with Crippen LogP contribution in [0.2, 0.25) is 0 Å². The number of fused-ring (bicyclic) bond motifs is 24. The Morgan fingerprint density at radius 2 is 1.04 bits per heavy atom. The third-order valence-corrected chi connectivity index (χ3v) is 26.7. The zero-order valence-electron chi connectivity index (χ0n) is 45.7. The van der Waals surface area contributed by atoms with Gasteiger partial charge in [0.25, 0.3) is 0 Å². The van der Waals surface area contributed by atoms with E-state index in [-0.39, 0.29) is 22.7 Å². The molecule has 410 valence electrons. The van der Waals surface area contributed by atoms with Crippen LogP contribution in [0.1, 0.15) is 148 Å². The predicted octanol–water partition coefficient (Wildman–Crippen LogP) is 14.8. The fraction of sp³-hybridized carbons (Fsp3) is 0.746. The molecule has 2 aromatic carbocycles. The summed E-state index contributed by atoms with van der Waals surface area (Å²) in [7, 11) is 1.69. The van der Waals surface area contributed by atoms with Gasteiger partial charge in [-0.15, -0.1) is 0 Å². The number of ether oxygens (including phenoxy) is 4. The van der Waals surface area contributed by atoms with Crippen molar-refractivity contribution in [3.8, 4) is 11.5 Å². The molecule has 75 heavy (non-hydrogen) atoms. The first kappa shape index (κ1) is 54.7. The third kappa shape index (κ3) is 11.0. The molecule has 0 spiro atoms. The lowest BCUT2D eigenvalue weighted by atomic mass is 9.64. The van der Waals surface area contributed by atoms with E-state index in [4.69, 9.17) is 18.9 Å². The number of thioether (sulfide) groups is 4. The first-order chi connectivity index (χ1) is 36.3. The molecule has 12 rings (SSSR count). The van der Waals surface area contributed by atoms with E-state index in [1.54, 1.807) is 25.8 Å². The number of unbranched alkanes of at least 4 members (excludes halogenated alkanes) is 1. The lowest BCUT2D eigenvalue weighted by molar-refractivity contribution is -0.144. The van der Waals surface area contributed by atoms with Gasteiger partial charge < -0.3 is 18.9 Å². The zero-order chi connectivity index (χ0) is 52.1. The molecule has 2 aromatic rings. The Morgan fingerprint density at radius 3 is 1.59 bits per heavy atom. The van der Waals surface area contributed by atoms with Crippen molar-refractivity contribution in [2.75, 3.05) is 31.8 Å². The van der Waals surface area contributed by atoms with Crippen LogP contribution in [0.3, 0.4) is 0 Å². The van der Waals surface area contributed by atoms with E-state index < -0.39 is 0 Å². The number of hydrogen-bond acceptors (Lipinski definition) is 12. The van der Waals surface area contributed by atoms with Crippen LogP contribution in [-0.2, 0) is 29.3 Å². The Hall–Kier alpha value is -2.28. The summed E-state index contributed by atoms with van der Waals surface area (Å²) in [4.78, 5) is 47.8. The van der Waals surface area contributed by atoms with E-state index in [2.05, 4.69) is 68.6 Å². The second kappa shape index (κ2) is 23.4. The Morgan fingerprint density at radius 1 is 0.533 bits per heavy atom. The highest BCUT2D eigenvalue weighted by Crippen LogP contribution is 2.76. The van der Waals surface area contributed by atoms with Crippen molar-refractivity contribution >= 4 is 69.4 Å². The van der Waals surface area contributed by atoms with Crippen molar-refractivity contribution in [3.05, 3.63) is 59.7 Å². The van der Waals surface area contributed by atoms with Gasteiger partial charge in [-0.1, -0.05) is 70.1 Å². The van der Waals surface area contributed by atoms with Crippen molar-refractivity contribution in [2.24, 2.45) is 94.7 Å². The Kier molecular flexibility index (Phi) is 17.1. The van der Waals surface area contributed by atoms with Gasteiger partial charge >= 0.3 is 17.2 Å². The summed E-state index contributed by atoms with van der Waals surface area (Å²) in [5.74, 6) is 18.3. The number of carbonyl (C=O) groups excluding carboxylic acids is 4. The maximum absolute atomic E-state index is 13.2. The molecule has 0 aromatic heterocycles. The van der Waals surface area contributed by atoms with Crippen molar-refractivity contribution in [3.63, 3.8) is 0 Å². The number of esters is 2. The van der Waals surface area contributed by atoms with Crippen molar-refractivity contribution in [1.29, 1.82) is 0 Å². The molecular weight excluding hydrogens is 1010 g/mol. The molecule has 10 aliphatic rings. The molecule has 8 nitrogen and oxygen atoms in total. The van der Waals surface area contributed by atoms with Crippen LogP contribution >= 0.6 is 47.0 Å². The fourth-order valence-corrected chi connectivity index (χ4v) is 24.2. The van der Waals surface area contributed by atoms with Crippen LogP contribution in [-0.4, -0.2) is 75.2 Å². The Labute approximate surface area is 466 Å². The van der Waals surface area contributed by atoms with Crippen LogP contribution < -0.4 is 9.47 Å². The van der Waals surface area contributed by atoms with Gasteiger partial charge in [-0.25, -0.2) is 4.79 Å². The molecular formula is C63H86O8S4. The van der Waals surface area contributed by atoms with Gasteiger partial charge in [0.05, 0.1) is 20.3 Å². The maximum atomic E-state index is 13.2. The van der Waals surface area contributed by atoms with E-state index in [9.17, 15) is 19.2 Å². The lowest BCUT2D eigenvalue weighted by Gasteiger charge is -2.43. The Balaban J connectivity index is 0.000000182. The standard InChI is InChI=1S/C40H52O5S2.C23H34O3S2/c1-5-6-8-36(41)44-17-7-18-46-29-21-30-31(22-29)33-23-32(30)37-24-19-34(38(33)37)35(20-24)47-39(42)45-28-15-11-26(12-16-28)40(2,3)25-9-13-27(43-4)14-10-25;1-3-21(25)26-5-4-6-27-20-8-13-7-19(20)23-18-11-17(22(13)23)15-9-14(10-16(15)18)28-12(2)24/h9-16,24,29-35,37-38H,5-8,17-23H2,1-4H3;13-20,22-23H,3-11H2,1-2H3. The summed E-state index contributed by atoms with van der Waals surface area (Å²) in [6.07, 6.45) is 18.8. The second-order valence-corrected chi connectivity index (χ2v) is 30.9. The highest BCUT2D eigenvalue weighted by molar-refractivity contribution is 8.14. The predicted molar refractivity (Wildman–Crippen MR) is 306 cm³/mol. The monoisotopic (exact) mass is 1100 g/mol. The van der Waals surface area contributed by atoms with E-state index in [0.717, 1.165) is 142 Å². The molecule has 0 amide bonds. The molecule has 10 fully saturated rings. The molecule has 12 heteroatoms. The van der Waals surface area contributed by atoms with E-state index in [1.165, 1.54) is 87.1 Å². The summed E-state index contributed by atoms with van der Waals surface area (Å²) in [5, 5.41) is 2.83. The highest BCUT2D eigenvalue weighted by atomic mass is 32.2. The van der Waals surface area contributed by atoms with Crippen LogP contribution in [0.25, 0.3) is 0 Å². The number of carbonyl (C=O) groups is 4. The summed E-state index contributed by atoms with van der Waals surface area (Å²) in [6, 6.07) is 16.3. The third-order valence-electron chi connectivity index (χ3n) is 21.6. The van der Waals surface area contributed by atoms with Crippen molar-refractivity contribution < 1.29 is 38.1 Å². The minimum atomic E-state index is -0.176. The minimum absolute atomic E-state index is 0.0332. The van der Waals surface area contributed by atoms with Gasteiger partial charge in [0.2, 0.25) is 0 Å².